The summed E-state index contributed by atoms with van der Waals surface area (Å²) in [4.78, 5) is 12.9. The number of thioether (sulfide) groups is 1. The summed E-state index contributed by atoms with van der Waals surface area (Å²) in [5.41, 5.74) is 2.76. The summed E-state index contributed by atoms with van der Waals surface area (Å²) in [5, 5.41) is 3.26. The van der Waals surface area contributed by atoms with Gasteiger partial charge in [-0.25, -0.2) is 0 Å². The van der Waals surface area contributed by atoms with Crippen molar-refractivity contribution in [3.63, 3.8) is 0 Å². The maximum atomic E-state index is 12.0. The van der Waals surface area contributed by atoms with Crippen LogP contribution in [0.1, 0.15) is 11.1 Å². The molecule has 0 aliphatic carbocycles. The van der Waals surface area contributed by atoms with Crippen LogP contribution in [-0.4, -0.2) is 5.24 Å². The average molecular weight is 292 g/mol. The molecule has 0 saturated carbocycles. The Labute approximate surface area is 122 Å². The number of carbonyl (C=O) groups excluding carboxylic acids is 1. The smallest absolute Gasteiger partial charge is 0.288 e. The Kier molecular flexibility index (Phi) is 4.51. The molecule has 2 aromatic rings. The molecule has 0 aliphatic rings. The number of anilines is 1. The van der Waals surface area contributed by atoms with Crippen molar-refractivity contribution < 1.29 is 4.79 Å². The van der Waals surface area contributed by atoms with Gasteiger partial charge in [-0.3, -0.25) is 4.79 Å². The van der Waals surface area contributed by atoms with Crippen molar-refractivity contribution in [1.29, 1.82) is 0 Å². The highest BCUT2D eigenvalue weighted by Crippen LogP contribution is 2.28. The summed E-state index contributed by atoms with van der Waals surface area (Å²) < 4.78 is 0. The Morgan fingerprint density at radius 1 is 1.16 bits per heavy atom. The van der Waals surface area contributed by atoms with E-state index in [1.54, 1.807) is 6.07 Å². The van der Waals surface area contributed by atoms with Crippen LogP contribution in [0, 0.1) is 13.8 Å². The first-order valence-corrected chi connectivity index (χ1v) is 7.06. The van der Waals surface area contributed by atoms with E-state index in [1.807, 2.05) is 50.2 Å². The number of hydrogen-bond donors (Lipinski definition) is 1. The van der Waals surface area contributed by atoms with Gasteiger partial charge in [0, 0.05) is 4.90 Å². The number of rotatable bonds is 2. The second-order valence-corrected chi connectivity index (χ2v) is 5.72. The number of hydrogen-bond acceptors (Lipinski definition) is 2. The van der Waals surface area contributed by atoms with Gasteiger partial charge in [0.05, 0.1) is 10.7 Å². The molecule has 0 aromatic heterocycles. The first-order valence-electron chi connectivity index (χ1n) is 5.87. The molecular weight excluding hydrogens is 278 g/mol. The molecule has 2 aromatic carbocycles. The lowest BCUT2D eigenvalue weighted by molar-refractivity contribution is 0.269. The number of amides is 1. The maximum absolute atomic E-state index is 12.0. The Bertz CT molecular complexity index is 593. The molecule has 0 bridgehead atoms. The molecular formula is C15H14ClNOS. The first-order chi connectivity index (χ1) is 9.06. The standard InChI is InChI=1S/C15H14ClNOS/c1-10-5-3-7-12(9-10)19-15(18)17-14-11(2)6-4-8-13(14)16/h3-9H,1-2H3,(H,17,18). The van der Waals surface area contributed by atoms with Crippen molar-refractivity contribution >= 4 is 34.3 Å². The van der Waals surface area contributed by atoms with Crippen molar-refractivity contribution in [2.24, 2.45) is 0 Å². The average Bonchev–Trinajstić information content (AvgIpc) is 2.34. The van der Waals surface area contributed by atoms with E-state index in [0.29, 0.717) is 10.7 Å². The van der Waals surface area contributed by atoms with Crippen molar-refractivity contribution in [1.82, 2.24) is 0 Å². The Hall–Kier alpha value is -1.45. The van der Waals surface area contributed by atoms with E-state index in [0.717, 1.165) is 27.8 Å². The SMILES string of the molecule is Cc1cccc(SC(=O)Nc2c(C)cccc2Cl)c1. The molecule has 0 saturated heterocycles. The monoisotopic (exact) mass is 291 g/mol. The lowest BCUT2D eigenvalue weighted by Crippen LogP contribution is -2.06. The summed E-state index contributed by atoms with van der Waals surface area (Å²) in [7, 11) is 0. The summed E-state index contributed by atoms with van der Waals surface area (Å²) in [6.45, 7) is 3.92. The zero-order valence-electron chi connectivity index (χ0n) is 10.7. The summed E-state index contributed by atoms with van der Waals surface area (Å²) in [5.74, 6) is 0. The van der Waals surface area contributed by atoms with Crippen molar-refractivity contribution in [2.45, 2.75) is 18.7 Å². The predicted molar refractivity (Wildman–Crippen MR) is 82.2 cm³/mol. The zero-order valence-corrected chi connectivity index (χ0v) is 12.3. The van der Waals surface area contributed by atoms with E-state index in [9.17, 15) is 4.79 Å². The second kappa shape index (κ2) is 6.13. The molecule has 1 N–H and O–H groups in total. The Morgan fingerprint density at radius 2 is 1.89 bits per heavy atom. The third-order valence-corrected chi connectivity index (χ3v) is 3.74. The number of halogens is 1. The fraction of sp³-hybridized carbons (Fsp3) is 0.133. The zero-order chi connectivity index (χ0) is 13.8. The summed E-state index contributed by atoms with van der Waals surface area (Å²) in [6, 6.07) is 13.4. The third kappa shape index (κ3) is 3.75. The third-order valence-electron chi connectivity index (χ3n) is 2.65. The highest BCUT2D eigenvalue weighted by Gasteiger charge is 2.09. The Balaban J connectivity index is 2.10. The molecule has 0 spiro atoms. The van der Waals surface area contributed by atoms with Gasteiger partial charge in [0.15, 0.2) is 0 Å². The number of aryl methyl sites for hydroxylation is 2. The number of benzene rings is 2. The largest absolute Gasteiger partial charge is 0.315 e. The lowest BCUT2D eigenvalue weighted by atomic mass is 10.2. The van der Waals surface area contributed by atoms with Crippen LogP contribution in [0.3, 0.4) is 0 Å². The summed E-state index contributed by atoms with van der Waals surface area (Å²) >= 11 is 7.24. The minimum atomic E-state index is -0.137. The van der Waals surface area contributed by atoms with Crippen LogP contribution in [0.4, 0.5) is 10.5 Å². The van der Waals surface area contributed by atoms with Crippen LogP contribution < -0.4 is 5.32 Å². The van der Waals surface area contributed by atoms with Crippen molar-refractivity contribution in [3.05, 3.63) is 58.6 Å². The molecule has 0 unspecified atom stereocenters. The molecule has 0 atom stereocenters. The minimum Gasteiger partial charge on any atom is -0.315 e. The molecule has 2 nitrogen and oxygen atoms in total. The fourth-order valence-electron chi connectivity index (χ4n) is 1.70. The first kappa shape index (κ1) is 14.0. The minimum absolute atomic E-state index is 0.137. The lowest BCUT2D eigenvalue weighted by Gasteiger charge is -2.09. The van der Waals surface area contributed by atoms with Gasteiger partial charge in [0.25, 0.3) is 5.24 Å². The van der Waals surface area contributed by atoms with Crippen LogP contribution in [0.2, 0.25) is 5.02 Å². The van der Waals surface area contributed by atoms with Gasteiger partial charge in [0.1, 0.15) is 0 Å². The van der Waals surface area contributed by atoms with Gasteiger partial charge in [-0.2, -0.15) is 0 Å². The highest BCUT2D eigenvalue weighted by molar-refractivity contribution is 8.13. The maximum Gasteiger partial charge on any atom is 0.288 e. The van der Waals surface area contributed by atoms with E-state index in [4.69, 9.17) is 11.6 Å². The molecule has 0 fully saturated rings. The highest BCUT2D eigenvalue weighted by atomic mass is 35.5. The van der Waals surface area contributed by atoms with Crippen LogP contribution >= 0.6 is 23.4 Å². The molecule has 1 amide bonds. The van der Waals surface area contributed by atoms with Crippen LogP contribution in [0.5, 0.6) is 0 Å². The van der Waals surface area contributed by atoms with Crippen LogP contribution in [0.25, 0.3) is 0 Å². The normalized spacial score (nSPS) is 10.3. The van der Waals surface area contributed by atoms with Gasteiger partial charge < -0.3 is 5.32 Å². The van der Waals surface area contributed by atoms with E-state index in [1.165, 1.54) is 0 Å². The molecule has 4 heteroatoms. The summed E-state index contributed by atoms with van der Waals surface area (Å²) in [6.07, 6.45) is 0. The van der Waals surface area contributed by atoms with Gasteiger partial charge in [0.2, 0.25) is 0 Å². The van der Waals surface area contributed by atoms with Gasteiger partial charge in [-0.1, -0.05) is 41.4 Å². The molecule has 0 heterocycles. The number of carbonyl (C=O) groups is 1. The quantitative estimate of drug-likeness (QED) is 0.763. The van der Waals surface area contributed by atoms with E-state index in [2.05, 4.69) is 5.32 Å². The molecule has 19 heavy (non-hydrogen) atoms. The molecule has 98 valence electrons. The van der Waals surface area contributed by atoms with Crippen molar-refractivity contribution in [3.8, 4) is 0 Å². The Morgan fingerprint density at radius 3 is 2.58 bits per heavy atom. The van der Waals surface area contributed by atoms with Gasteiger partial charge >= 0.3 is 0 Å². The van der Waals surface area contributed by atoms with Gasteiger partial charge in [-0.15, -0.1) is 0 Å². The molecule has 0 aliphatic heterocycles. The number of nitrogens with one attached hydrogen (secondary N) is 1. The molecule has 2 rings (SSSR count). The van der Waals surface area contributed by atoms with E-state index < -0.39 is 0 Å². The van der Waals surface area contributed by atoms with Crippen molar-refractivity contribution in [2.75, 3.05) is 5.32 Å². The fourth-order valence-corrected chi connectivity index (χ4v) is 2.73. The van der Waals surface area contributed by atoms with E-state index >= 15 is 0 Å². The van der Waals surface area contributed by atoms with E-state index in [-0.39, 0.29) is 5.24 Å². The number of para-hydroxylation sites is 1. The van der Waals surface area contributed by atoms with Crippen LogP contribution in [-0.2, 0) is 0 Å². The second-order valence-electron chi connectivity index (χ2n) is 4.26. The van der Waals surface area contributed by atoms with Crippen LogP contribution in [0.15, 0.2) is 47.4 Å². The topological polar surface area (TPSA) is 29.1 Å². The predicted octanol–water partition coefficient (Wildman–Crippen LogP) is 5.28. The molecule has 0 radical (unpaired) electrons. The van der Waals surface area contributed by atoms with Gasteiger partial charge in [-0.05, 0) is 49.4 Å².